The number of aryl methyl sites for hydroxylation is 1. The lowest BCUT2D eigenvalue weighted by Gasteiger charge is -2.24. The van der Waals surface area contributed by atoms with Crippen molar-refractivity contribution in [2.24, 2.45) is 0 Å². The molecule has 2 aromatic heterocycles. The number of nitrogens with one attached hydrogen (secondary N) is 1. The van der Waals surface area contributed by atoms with Crippen LogP contribution in [0.1, 0.15) is 11.3 Å². The molecule has 0 aliphatic rings. The van der Waals surface area contributed by atoms with Crippen molar-refractivity contribution in [3.8, 4) is 0 Å². The largest absolute Gasteiger partial charge is 0.360 e. The molecule has 0 spiro atoms. The summed E-state index contributed by atoms with van der Waals surface area (Å²) in [5, 5.41) is 7.10. The quantitative estimate of drug-likeness (QED) is 0.532. The summed E-state index contributed by atoms with van der Waals surface area (Å²) in [7, 11) is 0. The van der Waals surface area contributed by atoms with Crippen molar-refractivity contribution in [1.29, 1.82) is 0 Å². The van der Waals surface area contributed by atoms with Crippen LogP contribution < -0.4 is 10.2 Å². The van der Waals surface area contributed by atoms with Crippen molar-refractivity contribution in [2.75, 3.05) is 10.2 Å². The summed E-state index contributed by atoms with van der Waals surface area (Å²) >= 11 is 0. The second kappa shape index (κ2) is 7.70. The molecule has 27 heavy (non-hydrogen) atoms. The van der Waals surface area contributed by atoms with Gasteiger partial charge in [-0.1, -0.05) is 53.7 Å². The van der Waals surface area contributed by atoms with Crippen LogP contribution in [0.3, 0.4) is 0 Å². The van der Waals surface area contributed by atoms with Gasteiger partial charge in [-0.3, -0.25) is 0 Å². The molecule has 4 aromatic rings. The molecule has 0 fully saturated rings. The lowest BCUT2D eigenvalue weighted by atomic mass is 10.2. The first-order chi connectivity index (χ1) is 13.3. The molecule has 0 unspecified atom stereocenters. The Bertz CT molecular complexity index is 1000. The molecule has 134 valence electrons. The van der Waals surface area contributed by atoms with Crippen LogP contribution in [0.2, 0.25) is 0 Å². The third kappa shape index (κ3) is 4.12. The van der Waals surface area contributed by atoms with Crippen molar-refractivity contribution in [1.82, 2.24) is 15.1 Å². The maximum absolute atomic E-state index is 5.10. The zero-order valence-corrected chi connectivity index (χ0v) is 14.9. The van der Waals surface area contributed by atoms with E-state index in [9.17, 15) is 0 Å². The molecular formula is C21H19N5O. The van der Waals surface area contributed by atoms with Crippen molar-refractivity contribution < 1.29 is 4.52 Å². The number of para-hydroxylation sites is 1. The maximum atomic E-state index is 5.10. The normalized spacial score (nSPS) is 10.6. The lowest BCUT2D eigenvalue weighted by molar-refractivity contribution is 0.400. The first kappa shape index (κ1) is 16.8. The molecule has 0 bridgehead atoms. The summed E-state index contributed by atoms with van der Waals surface area (Å²) in [4.78, 5) is 10.9. The highest BCUT2D eigenvalue weighted by Crippen LogP contribution is 2.27. The van der Waals surface area contributed by atoms with Gasteiger partial charge in [-0.25, -0.2) is 9.97 Å². The van der Waals surface area contributed by atoms with Crippen molar-refractivity contribution in [2.45, 2.75) is 13.5 Å². The topological polar surface area (TPSA) is 67.1 Å². The fraction of sp³-hybridized carbons (Fsp3) is 0.0952. The first-order valence-electron chi connectivity index (χ1n) is 8.67. The average Bonchev–Trinajstić information content (AvgIpc) is 3.12. The monoisotopic (exact) mass is 357 g/mol. The molecule has 0 aliphatic carbocycles. The zero-order chi connectivity index (χ0) is 18.5. The third-order valence-electron chi connectivity index (χ3n) is 4.06. The Morgan fingerprint density at radius 1 is 0.889 bits per heavy atom. The van der Waals surface area contributed by atoms with Crippen LogP contribution in [0.15, 0.2) is 83.6 Å². The Morgan fingerprint density at radius 3 is 2.33 bits per heavy atom. The van der Waals surface area contributed by atoms with E-state index in [1.807, 2.05) is 55.5 Å². The van der Waals surface area contributed by atoms with E-state index in [0.717, 1.165) is 17.3 Å². The molecule has 0 aliphatic heterocycles. The number of nitrogens with zero attached hydrogens (tertiary/aromatic N) is 4. The van der Waals surface area contributed by atoms with Crippen LogP contribution in [0.5, 0.6) is 0 Å². The Labute approximate surface area is 157 Å². The van der Waals surface area contributed by atoms with Gasteiger partial charge in [-0.05, 0) is 24.6 Å². The molecule has 1 N–H and O–H groups in total. The van der Waals surface area contributed by atoms with Gasteiger partial charge in [-0.2, -0.15) is 0 Å². The zero-order valence-electron chi connectivity index (χ0n) is 14.9. The molecule has 0 saturated carbocycles. The molecular weight excluding hydrogens is 338 g/mol. The molecule has 2 aromatic carbocycles. The highest BCUT2D eigenvalue weighted by Gasteiger charge is 2.13. The highest BCUT2D eigenvalue weighted by atomic mass is 16.5. The van der Waals surface area contributed by atoms with Crippen LogP contribution in [-0.4, -0.2) is 15.1 Å². The molecule has 4 rings (SSSR count). The van der Waals surface area contributed by atoms with Gasteiger partial charge >= 0.3 is 0 Å². The number of anilines is 4. The summed E-state index contributed by atoms with van der Waals surface area (Å²) in [5.41, 5.74) is 2.25. The van der Waals surface area contributed by atoms with Crippen molar-refractivity contribution in [3.05, 3.63) is 90.4 Å². The molecule has 6 heteroatoms. The number of rotatable bonds is 6. The van der Waals surface area contributed by atoms with E-state index in [1.54, 1.807) is 6.33 Å². The van der Waals surface area contributed by atoms with E-state index >= 15 is 0 Å². The number of aromatic nitrogens is 3. The Balaban J connectivity index is 1.66. The molecule has 6 nitrogen and oxygen atoms in total. The Kier molecular flexibility index (Phi) is 4.78. The van der Waals surface area contributed by atoms with Crippen LogP contribution in [0, 0.1) is 6.92 Å². The van der Waals surface area contributed by atoms with Gasteiger partial charge in [0.2, 0.25) is 0 Å². The van der Waals surface area contributed by atoms with E-state index in [4.69, 9.17) is 4.52 Å². The van der Waals surface area contributed by atoms with Crippen LogP contribution in [-0.2, 0) is 6.54 Å². The van der Waals surface area contributed by atoms with Gasteiger partial charge in [0.05, 0.1) is 0 Å². The van der Waals surface area contributed by atoms with E-state index in [-0.39, 0.29) is 0 Å². The molecule has 0 atom stereocenters. The van der Waals surface area contributed by atoms with Crippen LogP contribution >= 0.6 is 0 Å². The molecule has 0 amide bonds. The minimum atomic E-state index is 0.617. The maximum Gasteiger partial charge on any atom is 0.175 e. The van der Waals surface area contributed by atoms with E-state index < -0.39 is 0 Å². The van der Waals surface area contributed by atoms with E-state index in [2.05, 4.69) is 49.6 Å². The van der Waals surface area contributed by atoms with Crippen molar-refractivity contribution >= 4 is 23.1 Å². The number of benzene rings is 2. The van der Waals surface area contributed by atoms with Gasteiger partial charge < -0.3 is 14.7 Å². The minimum absolute atomic E-state index is 0.617. The fourth-order valence-corrected chi connectivity index (χ4v) is 2.80. The second-order valence-electron chi connectivity index (χ2n) is 6.12. The summed E-state index contributed by atoms with van der Waals surface area (Å²) in [6.07, 6.45) is 1.55. The fourth-order valence-electron chi connectivity index (χ4n) is 2.80. The molecule has 0 radical (unpaired) electrons. The van der Waals surface area contributed by atoms with Gasteiger partial charge in [0, 0.05) is 24.4 Å². The van der Waals surface area contributed by atoms with E-state index in [0.29, 0.717) is 18.2 Å². The van der Waals surface area contributed by atoms with E-state index in [1.165, 1.54) is 5.56 Å². The predicted octanol–water partition coefficient (Wildman–Crippen LogP) is 4.85. The lowest BCUT2D eigenvalue weighted by Crippen LogP contribution is -2.18. The predicted molar refractivity (Wildman–Crippen MR) is 105 cm³/mol. The SMILES string of the molecule is Cc1cc(Nc2cc(N(Cc3ccccc3)c3ccccc3)ncn2)no1. The molecule has 2 heterocycles. The minimum Gasteiger partial charge on any atom is -0.360 e. The van der Waals surface area contributed by atoms with Crippen molar-refractivity contribution in [3.63, 3.8) is 0 Å². The van der Waals surface area contributed by atoms with Gasteiger partial charge in [-0.15, -0.1) is 0 Å². The molecule has 0 saturated heterocycles. The second-order valence-corrected chi connectivity index (χ2v) is 6.12. The van der Waals surface area contributed by atoms with Gasteiger partial charge in [0.25, 0.3) is 0 Å². The number of hydrogen-bond donors (Lipinski definition) is 1. The smallest absolute Gasteiger partial charge is 0.175 e. The van der Waals surface area contributed by atoms with Gasteiger partial charge in [0.1, 0.15) is 23.7 Å². The third-order valence-corrected chi connectivity index (χ3v) is 4.06. The number of hydrogen-bond acceptors (Lipinski definition) is 6. The summed E-state index contributed by atoms with van der Waals surface area (Å²) in [6, 6.07) is 24.2. The van der Waals surface area contributed by atoms with Gasteiger partial charge in [0.15, 0.2) is 5.82 Å². The Morgan fingerprint density at radius 2 is 1.63 bits per heavy atom. The first-order valence-corrected chi connectivity index (χ1v) is 8.67. The Hall–Kier alpha value is -3.67. The summed E-state index contributed by atoms with van der Waals surface area (Å²) < 4.78 is 5.10. The van der Waals surface area contributed by atoms with Crippen LogP contribution in [0.25, 0.3) is 0 Å². The summed E-state index contributed by atoms with van der Waals surface area (Å²) in [5.74, 6) is 2.80. The highest BCUT2D eigenvalue weighted by molar-refractivity contribution is 5.64. The standard InChI is InChI=1S/C21H19N5O/c1-16-12-20(25-27-16)24-19-13-21(23-15-22-19)26(18-10-6-3-7-11-18)14-17-8-4-2-5-9-17/h2-13,15H,14H2,1H3,(H,22,23,24,25). The van der Waals surface area contributed by atoms with Crippen LogP contribution in [0.4, 0.5) is 23.1 Å². The average molecular weight is 357 g/mol. The summed E-state index contributed by atoms with van der Waals surface area (Å²) in [6.45, 7) is 2.55.